The molecule has 1 fully saturated rings. The summed E-state index contributed by atoms with van der Waals surface area (Å²) >= 11 is 6.23. The van der Waals surface area contributed by atoms with E-state index < -0.39 is 0 Å². The van der Waals surface area contributed by atoms with Gasteiger partial charge in [-0.25, -0.2) is 0 Å². The molecule has 3 unspecified atom stereocenters. The lowest BCUT2D eigenvalue weighted by Crippen LogP contribution is -2.47. The number of benzene rings is 1. The molecule has 0 spiro atoms. The Hall–Kier alpha value is -0.610. The molecule has 1 aliphatic rings. The number of nitrogens with zero attached hydrogens (tertiary/aromatic N) is 1. The Morgan fingerprint density at radius 1 is 1.40 bits per heavy atom. The quantitative estimate of drug-likeness (QED) is 0.878. The van der Waals surface area contributed by atoms with Gasteiger partial charge in [0.05, 0.1) is 6.10 Å². The number of halogens is 1. The normalized spacial score (nSPS) is 25.6. The number of hydrogen-bond donors (Lipinski definition) is 2. The molecule has 0 bridgehead atoms. The Morgan fingerprint density at radius 3 is 2.85 bits per heavy atom. The molecular formula is C16H25ClN2O. The zero-order valence-corrected chi connectivity index (χ0v) is 12.9. The van der Waals surface area contributed by atoms with Gasteiger partial charge in [-0.1, -0.05) is 36.7 Å². The van der Waals surface area contributed by atoms with Crippen molar-refractivity contribution in [3.05, 3.63) is 34.9 Å². The predicted octanol–water partition coefficient (Wildman–Crippen LogP) is 2.65. The van der Waals surface area contributed by atoms with Crippen LogP contribution in [0.15, 0.2) is 24.3 Å². The average Bonchev–Trinajstić information content (AvgIpc) is 2.40. The molecule has 1 saturated heterocycles. The van der Waals surface area contributed by atoms with Gasteiger partial charge in [0.2, 0.25) is 0 Å². The van der Waals surface area contributed by atoms with Crippen molar-refractivity contribution in [1.29, 1.82) is 0 Å². The van der Waals surface area contributed by atoms with Crippen LogP contribution in [-0.4, -0.2) is 35.2 Å². The van der Waals surface area contributed by atoms with Gasteiger partial charge in [0.1, 0.15) is 0 Å². The highest BCUT2D eigenvalue weighted by molar-refractivity contribution is 6.31. The van der Waals surface area contributed by atoms with Crippen molar-refractivity contribution in [2.24, 2.45) is 11.7 Å². The monoisotopic (exact) mass is 296 g/mol. The highest BCUT2D eigenvalue weighted by atomic mass is 35.5. The average molecular weight is 297 g/mol. The van der Waals surface area contributed by atoms with Gasteiger partial charge < -0.3 is 10.8 Å². The minimum atomic E-state index is -0.201. The zero-order chi connectivity index (χ0) is 14.5. The van der Waals surface area contributed by atoms with E-state index in [1.54, 1.807) is 0 Å². The van der Waals surface area contributed by atoms with Gasteiger partial charge in [0.25, 0.3) is 0 Å². The second-order valence-corrected chi connectivity index (χ2v) is 6.35. The third-order valence-corrected chi connectivity index (χ3v) is 4.44. The van der Waals surface area contributed by atoms with E-state index in [1.807, 2.05) is 25.1 Å². The van der Waals surface area contributed by atoms with Crippen LogP contribution in [0.4, 0.5) is 0 Å². The molecule has 3 N–H and O–H groups in total. The van der Waals surface area contributed by atoms with Crippen LogP contribution in [-0.2, 0) is 6.54 Å². The van der Waals surface area contributed by atoms with Crippen molar-refractivity contribution in [1.82, 2.24) is 4.90 Å². The van der Waals surface area contributed by atoms with Crippen LogP contribution >= 0.6 is 11.6 Å². The third-order valence-electron chi connectivity index (χ3n) is 4.07. The molecule has 1 aliphatic heterocycles. The maximum Gasteiger partial charge on any atom is 0.0540 e. The smallest absolute Gasteiger partial charge is 0.0540 e. The number of aliphatic hydroxyl groups is 1. The van der Waals surface area contributed by atoms with E-state index in [2.05, 4.69) is 11.0 Å². The lowest BCUT2D eigenvalue weighted by molar-refractivity contribution is 0.0876. The van der Waals surface area contributed by atoms with Gasteiger partial charge in [0.15, 0.2) is 0 Å². The van der Waals surface area contributed by atoms with E-state index in [1.165, 1.54) is 0 Å². The van der Waals surface area contributed by atoms with Gasteiger partial charge in [-0.05, 0) is 36.8 Å². The van der Waals surface area contributed by atoms with E-state index in [-0.39, 0.29) is 12.1 Å². The van der Waals surface area contributed by atoms with Crippen LogP contribution in [0.1, 0.15) is 31.7 Å². The van der Waals surface area contributed by atoms with Crippen LogP contribution in [0.25, 0.3) is 0 Å². The molecule has 4 heteroatoms. The molecule has 3 atom stereocenters. The molecule has 1 heterocycles. The summed E-state index contributed by atoms with van der Waals surface area (Å²) in [4.78, 5) is 2.36. The van der Waals surface area contributed by atoms with Crippen LogP contribution in [0, 0.1) is 5.92 Å². The van der Waals surface area contributed by atoms with E-state index in [0.717, 1.165) is 49.5 Å². The lowest BCUT2D eigenvalue weighted by Gasteiger charge is -2.37. The van der Waals surface area contributed by atoms with E-state index in [0.29, 0.717) is 5.92 Å². The Balaban J connectivity index is 1.96. The van der Waals surface area contributed by atoms with E-state index in [4.69, 9.17) is 17.3 Å². The topological polar surface area (TPSA) is 49.5 Å². The van der Waals surface area contributed by atoms with E-state index >= 15 is 0 Å². The van der Waals surface area contributed by atoms with E-state index in [9.17, 15) is 5.11 Å². The summed E-state index contributed by atoms with van der Waals surface area (Å²) in [5, 5.41) is 10.7. The number of piperidine rings is 1. The fourth-order valence-electron chi connectivity index (χ4n) is 3.07. The fourth-order valence-corrected chi connectivity index (χ4v) is 3.26. The second-order valence-electron chi connectivity index (χ2n) is 5.95. The van der Waals surface area contributed by atoms with Gasteiger partial charge in [-0.2, -0.15) is 0 Å². The Labute approximate surface area is 126 Å². The summed E-state index contributed by atoms with van der Waals surface area (Å²) in [6, 6.07) is 8.16. The van der Waals surface area contributed by atoms with Crippen molar-refractivity contribution in [2.45, 2.75) is 44.9 Å². The maximum absolute atomic E-state index is 9.84. The van der Waals surface area contributed by atoms with Crippen LogP contribution < -0.4 is 5.73 Å². The Kier molecular flexibility index (Phi) is 5.85. The highest BCUT2D eigenvalue weighted by Crippen LogP contribution is 2.24. The molecule has 112 valence electrons. The number of hydrogen-bond acceptors (Lipinski definition) is 3. The lowest BCUT2D eigenvalue weighted by atomic mass is 9.89. The number of aliphatic hydroxyl groups excluding tert-OH is 1. The summed E-state index contributed by atoms with van der Waals surface area (Å²) < 4.78 is 0. The first-order valence-corrected chi connectivity index (χ1v) is 7.85. The molecule has 2 rings (SSSR count). The molecule has 0 aromatic heterocycles. The zero-order valence-electron chi connectivity index (χ0n) is 12.1. The standard InChI is InChI=1S/C16H25ClN2O/c1-2-15(20)8-12-7-14(18)11-19(9-12)10-13-5-3-4-6-16(13)17/h3-6,12,14-15,20H,2,7-11,18H2,1H3. The van der Waals surface area contributed by atoms with Gasteiger partial charge in [-0.3, -0.25) is 4.90 Å². The molecule has 1 aromatic rings. The largest absolute Gasteiger partial charge is 0.393 e. The minimum absolute atomic E-state index is 0.195. The number of likely N-dealkylation sites (tertiary alicyclic amines) is 1. The molecule has 20 heavy (non-hydrogen) atoms. The predicted molar refractivity (Wildman–Crippen MR) is 83.7 cm³/mol. The third kappa shape index (κ3) is 4.45. The Morgan fingerprint density at radius 2 is 2.15 bits per heavy atom. The van der Waals surface area contributed by atoms with Gasteiger partial charge in [-0.15, -0.1) is 0 Å². The molecule has 0 amide bonds. The summed E-state index contributed by atoms with van der Waals surface area (Å²) in [5.74, 6) is 0.483. The minimum Gasteiger partial charge on any atom is -0.393 e. The van der Waals surface area contributed by atoms with Crippen molar-refractivity contribution >= 4 is 11.6 Å². The van der Waals surface area contributed by atoms with Gasteiger partial charge in [0, 0.05) is 30.7 Å². The van der Waals surface area contributed by atoms with Crippen molar-refractivity contribution < 1.29 is 5.11 Å². The maximum atomic E-state index is 9.84. The summed E-state index contributed by atoms with van der Waals surface area (Å²) in [6.07, 6.45) is 2.47. The number of rotatable bonds is 5. The van der Waals surface area contributed by atoms with Crippen molar-refractivity contribution in [3.8, 4) is 0 Å². The molecule has 3 nitrogen and oxygen atoms in total. The molecule has 0 saturated carbocycles. The number of nitrogens with two attached hydrogens (primary N) is 1. The molecular weight excluding hydrogens is 272 g/mol. The summed E-state index contributed by atoms with van der Waals surface area (Å²) in [6.45, 7) is 4.76. The molecule has 1 aromatic carbocycles. The van der Waals surface area contributed by atoms with Crippen LogP contribution in [0.2, 0.25) is 5.02 Å². The van der Waals surface area contributed by atoms with Crippen molar-refractivity contribution in [2.75, 3.05) is 13.1 Å². The SMILES string of the molecule is CCC(O)CC1CC(N)CN(Cc2ccccc2Cl)C1. The highest BCUT2D eigenvalue weighted by Gasteiger charge is 2.26. The molecule has 0 radical (unpaired) electrons. The summed E-state index contributed by atoms with van der Waals surface area (Å²) in [5.41, 5.74) is 7.32. The molecule has 0 aliphatic carbocycles. The summed E-state index contributed by atoms with van der Waals surface area (Å²) in [7, 11) is 0. The van der Waals surface area contributed by atoms with Crippen molar-refractivity contribution in [3.63, 3.8) is 0 Å². The van der Waals surface area contributed by atoms with Crippen LogP contribution in [0.5, 0.6) is 0 Å². The fraction of sp³-hybridized carbons (Fsp3) is 0.625. The first-order chi connectivity index (χ1) is 9.58. The first-order valence-electron chi connectivity index (χ1n) is 7.47. The second kappa shape index (κ2) is 7.41. The Bertz CT molecular complexity index is 427. The van der Waals surface area contributed by atoms with Crippen LogP contribution in [0.3, 0.4) is 0 Å². The van der Waals surface area contributed by atoms with Gasteiger partial charge >= 0.3 is 0 Å². The first kappa shape index (κ1) is 15.8.